The maximum absolute atomic E-state index is 12.2. The van der Waals surface area contributed by atoms with Crippen molar-refractivity contribution in [3.63, 3.8) is 0 Å². The van der Waals surface area contributed by atoms with Crippen molar-refractivity contribution in [1.82, 2.24) is 20.1 Å². The molecule has 26 heavy (non-hydrogen) atoms. The lowest BCUT2D eigenvalue weighted by atomic mass is 10.1. The number of amides is 1. The Morgan fingerprint density at radius 3 is 2.58 bits per heavy atom. The highest BCUT2D eigenvalue weighted by Crippen LogP contribution is 2.30. The molecular weight excluding hydrogens is 364 g/mol. The minimum Gasteiger partial charge on any atom is -0.353 e. The molecule has 1 aromatic carbocycles. The number of nitrogens with zero attached hydrogens (tertiary/aromatic N) is 3. The molecule has 0 saturated heterocycles. The molecule has 2 heterocycles. The van der Waals surface area contributed by atoms with Crippen LogP contribution in [0.3, 0.4) is 0 Å². The number of benzene rings is 1. The molecule has 0 spiro atoms. The van der Waals surface area contributed by atoms with Gasteiger partial charge < -0.3 is 5.32 Å². The van der Waals surface area contributed by atoms with E-state index in [0.29, 0.717) is 16.8 Å². The summed E-state index contributed by atoms with van der Waals surface area (Å²) in [5, 5.41) is 14.5. The third-order valence-electron chi connectivity index (χ3n) is 4.11. The normalized spacial score (nSPS) is 12.3. The third-order valence-corrected chi connectivity index (χ3v) is 5.91. The van der Waals surface area contributed by atoms with E-state index in [0.717, 1.165) is 16.4 Å². The first kappa shape index (κ1) is 18.7. The van der Waals surface area contributed by atoms with E-state index in [9.17, 15) is 4.79 Å². The summed E-state index contributed by atoms with van der Waals surface area (Å²) >= 11 is 3.03. The van der Waals surface area contributed by atoms with E-state index in [-0.39, 0.29) is 11.9 Å². The first-order chi connectivity index (χ1) is 12.6. The monoisotopic (exact) mass is 386 g/mol. The maximum Gasteiger partial charge on any atom is 0.230 e. The van der Waals surface area contributed by atoms with Gasteiger partial charge in [0.25, 0.3) is 0 Å². The molecule has 0 aliphatic rings. The number of nitrogens with one attached hydrogen (secondary N) is 1. The molecule has 3 aromatic rings. The van der Waals surface area contributed by atoms with Gasteiger partial charge in [0.1, 0.15) is 0 Å². The van der Waals surface area contributed by atoms with Gasteiger partial charge in [0.05, 0.1) is 10.6 Å². The maximum atomic E-state index is 12.2. The standard InChI is InChI=1S/C19H22N4OS2/c1-13(2)14(3)20-17(24)12-26-19-22-21-18(16-10-7-11-25-16)23(19)15-8-5-4-6-9-15/h4-11,13-14H,12H2,1-3H3,(H,20,24)/t14-/m0/s1. The number of rotatable bonds is 7. The first-order valence-electron chi connectivity index (χ1n) is 8.53. The van der Waals surface area contributed by atoms with Crippen LogP contribution in [-0.4, -0.2) is 32.5 Å². The van der Waals surface area contributed by atoms with Gasteiger partial charge in [-0.25, -0.2) is 0 Å². The van der Waals surface area contributed by atoms with E-state index < -0.39 is 0 Å². The molecule has 5 nitrogen and oxygen atoms in total. The summed E-state index contributed by atoms with van der Waals surface area (Å²) in [6.45, 7) is 6.21. The van der Waals surface area contributed by atoms with Crippen molar-refractivity contribution in [2.45, 2.75) is 32.0 Å². The van der Waals surface area contributed by atoms with E-state index in [4.69, 9.17) is 0 Å². The molecular formula is C19H22N4OS2. The summed E-state index contributed by atoms with van der Waals surface area (Å²) in [7, 11) is 0. The Kier molecular flexibility index (Phi) is 6.11. The number of hydrogen-bond donors (Lipinski definition) is 1. The van der Waals surface area contributed by atoms with Gasteiger partial charge in [-0.05, 0) is 36.4 Å². The van der Waals surface area contributed by atoms with E-state index in [1.807, 2.05) is 59.3 Å². The molecule has 0 bridgehead atoms. The quantitative estimate of drug-likeness (QED) is 0.617. The first-order valence-corrected chi connectivity index (χ1v) is 10.4. The Labute approximate surface area is 161 Å². The molecule has 0 aliphatic carbocycles. The van der Waals surface area contributed by atoms with E-state index in [1.54, 1.807) is 11.3 Å². The van der Waals surface area contributed by atoms with Gasteiger partial charge in [0, 0.05) is 11.7 Å². The lowest BCUT2D eigenvalue weighted by Gasteiger charge is -2.17. The molecule has 136 valence electrons. The van der Waals surface area contributed by atoms with Crippen LogP contribution in [0.4, 0.5) is 0 Å². The molecule has 2 aromatic heterocycles. The van der Waals surface area contributed by atoms with Gasteiger partial charge in [-0.1, -0.05) is 49.9 Å². The largest absolute Gasteiger partial charge is 0.353 e. The van der Waals surface area contributed by atoms with Crippen LogP contribution in [0.25, 0.3) is 16.4 Å². The molecule has 3 rings (SSSR count). The molecule has 1 amide bonds. The lowest BCUT2D eigenvalue weighted by molar-refractivity contribution is -0.119. The number of aromatic nitrogens is 3. The Morgan fingerprint density at radius 2 is 1.92 bits per heavy atom. The molecule has 1 N–H and O–H groups in total. The fraction of sp³-hybridized carbons (Fsp3) is 0.316. The molecule has 0 aliphatic heterocycles. The third kappa shape index (κ3) is 4.34. The summed E-state index contributed by atoms with van der Waals surface area (Å²) < 4.78 is 2.01. The zero-order valence-electron chi connectivity index (χ0n) is 15.0. The number of thioether (sulfide) groups is 1. The zero-order chi connectivity index (χ0) is 18.5. The summed E-state index contributed by atoms with van der Waals surface area (Å²) in [5.41, 5.74) is 0.986. The highest BCUT2D eigenvalue weighted by Gasteiger charge is 2.18. The Balaban J connectivity index is 1.83. The topological polar surface area (TPSA) is 59.8 Å². The molecule has 0 radical (unpaired) electrons. The molecule has 7 heteroatoms. The van der Waals surface area contributed by atoms with E-state index in [2.05, 4.69) is 29.4 Å². The van der Waals surface area contributed by atoms with Gasteiger partial charge in [-0.2, -0.15) is 0 Å². The number of hydrogen-bond acceptors (Lipinski definition) is 5. The summed E-state index contributed by atoms with van der Waals surface area (Å²) in [5.74, 6) is 1.52. The molecule has 0 unspecified atom stereocenters. The van der Waals surface area contributed by atoms with Crippen molar-refractivity contribution < 1.29 is 4.79 Å². The van der Waals surface area contributed by atoms with Crippen LogP contribution in [0.2, 0.25) is 0 Å². The van der Waals surface area contributed by atoms with Gasteiger partial charge >= 0.3 is 0 Å². The van der Waals surface area contributed by atoms with Crippen LogP contribution < -0.4 is 5.32 Å². The average molecular weight is 387 g/mol. The Hall–Kier alpha value is -2.12. The van der Waals surface area contributed by atoms with Crippen molar-refractivity contribution in [2.75, 3.05) is 5.75 Å². The van der Waals surface area contributed by atoms with Crippen molar-refractivity contribution in [1.29, 1.82) is 0 Å². The molecule has 1 atom stereocenters. The van der Waals surface area contributed by atoms with Gasteiger partial charge in [-0.3, -0.25) is 9.36 Å². The zero-order valence-corrected chi connectivity index (χ0v) is 16.7. The summed E-state index contributed by atoms with van der Waals surface area (Å²) in [4.78, 5) is 13.3. The van der Waals surface area contributed by atoms with E-state index >= 15 is 0 Å². The van der Waals surface area contributed by atoms with Crippen molar-refractivity contribution in [2.24, 2.45) is 5.92 Å². The highest BCUT2D eigenvalue weighted by atomic mass is 32.2. The highest BCUT2D eigenvalue weighted by molar-refractivity contribution is 7.99. The Bertz CT molecular complexity index is 844. The van der Waals surface area contributed by atoms with E-state index in [1.165, 1.54) is 11.8 Å². The second-order valence-corrected chi connectivity index (χ2v) is 8.23. The smallest absolute Gasteiger partial charge is 0.230 e. The predicted molar refractivity (Wildman–Crippen MR) is 108 cm³/mol. The SMILES string of the molecule is CC(C)[C@H](C)NC(=O)CSc1nnc(-c2cccs2)n1-c1ccccc1. The fourth-order valence-corrected chi connectivity index (χ4v) is 3.79. The average Bonchev–Trinajstić information content (AvgIpc) is 3.29. The summed E-state index contributed by atoms with van der Waals surface area (Å²) in [6.07, 6.45) is 0. The number of thiophene rings is 1. The second-order valence-electron chi connectivity index (χ2n) is 6.34. The number of para-hydroxylation sites is 1. The Morgan fingerprint density at radius 1 is 1.15 bits per heavy atom. The molecule has 0 fully saturated rings. The van der Waals surface area contributed by atoms with Gasteiger partial charge in [-0.15, -0.1) is 21.5 Å². The predicted octanol–water partition coefficient (Wildman–Crippen LogP) is 4.25. The minimum atomic E-state index is 0.0106. The van der Waals surface area contributed by atoms with Gasteiger partial charge in [0.15, 0.2) is 11.0 Å². The lowest BCUT2D eigenvalue weighted by Crippen LogP contribution is -2.37. The minimum absolute atomic E-state index is 0.0106. The van der Waals surface area contributed by atoms with Crippen LogP contribution in [0.1, 0.15) is 20.8 Å². The van der Waals surface area contributed by atoms with Crippen molar-refractivity contribution in [3.8, 4) is 16.4 Å². The van der Waals surface area contributed by atoms with Crippen LogP contribution in [-0.2, 0) is 4.79 Å². The van der Waals surface area contributed by atoms with Crippen molar-refractivity contribution >= 4 is 29.0 Å². The van der Waals surface area contributed by atoms with Gasteiger partial charge in [0.2, 0.25) is 5.91 Å². The van der Waals surface area contributed by atoms with Crippen molar-refractivity contribution in [3.05, 3.63) is 47.8 Å². The van der Waals surface area contributed by atoms with Crippen LogP contribution in [0, 0.1) is 5.92 Å². The molecule has 0 saturated carbocycles. The number of carbonyl (C=O) groups excluding carboxylic acids is 1. The summed E-state index contributed by atoms with van der Waals surface area (Å²) in [6, 6.07) is 14.2. The van der Waals surface area contributed by atoms with Crippen LogP contribution in [0.5, 0.6) is 0 Å². The fourth-order valence-electron chi connectivity index (χ4n) is 2.33. The van der Waals surface area contributed by atoms with Crippen LogP contribution >= 0.6 is 23.1 Å². The van der Waals surface area contributed by atoms with Crippen LogP contribution in [0.15, 0.2) is 53.0 Å². The number of carbonyl (C=O) groups is 1. The second kappa shape index (κ2) is 8.51.